The Labute approximate surface area is 125 Å². The second-order valence-electron chi connectivity index (χ2n) is 5.84. The zero-order valence-corrected chi connectivity index (χ0v) is 13.3. The third-order valence-corrected chi connectivity index (χ3v) is 6.31. The molecule has 1 heterocycles. The first kappa shape index (κ1) is 14.4. The number of alkyl halides is 1. The number of halogens is 1. The van der Waals surface area contributed by atoms with Gasteiger partial charge in [-0.2, -0.15) is 4.31 Å². The molecule has 0 bridgehead atoms. The normalized spacial score (nSPS) is 19.8. The molecule has 6 heteroatoms. The van der Waals surface area contributed by atoms with E-state index in [9.17, 15) is 8.42 Å². The highest BCUT2D eigenvalue weighted by atomic mass is 35.5. The molecule has 2 fully saturated rings. The fourth-order valence-electron chi connectivity index (χ4n) is 2.57. The first-order valence-corrected chi connectivity index (χ1v) is 9.30. The summed E-state index contributed by atoms with van der Waals surface area (Å²) in [6, 6.07) is 2.20. The van der Waals surface area contributed by atoms with Gasteiger partial charge in [0.1, 0.15) is 4.90 Å². The third-order valence-electron chi connectivity index (χ3n) is 4.13. The summed E-state index contributed by atoms with van der Waals surface area (Å²) in [6.07, 6.45) is 6.33. The number of hydrogen-bond donors (Lipinski definition) is 0. The van der Waals surface area contributed by atoms with Crippen LogP contribution in [0.25, 0.3) is 0 Å². The third kappa shape index (κ3) is 2.76. The quantitative estimate of drug-likeness (QED) is 0.726. The lowest BCUT2D eigenvalue weighted by molar-refractivity contribution is 0.412. The summed E-state index contributed by atoms with van der Waals surface area (Å²) in [5.41, 5.74) is 0.912. The predicted octanol–water partition coefficient (Wildman–Crippen LogP) is 2.98. The van der Waals surface area contributed by atoms with Crippen molar-refractivity contribution in [1.29, 1.82) is 0 Å². The van der Waals surface area contributed by atoms with Crippen molar-refractivity contribution in [3.05, 3.63) is 18.0 Å². The number of aromatic nitrogens is 1. The summed E-state index contributed by atoms with van der Waals surface area (Å²) in [4.78, 5) is 0.405. The molecule has 0 saturated heterocycles. The summed E-state index contributed by atoms with van der Waals surface area (Å²) < 4.78 is 29.1. The van der Waals surface area contributed by atoms with Gasteiger partial charge in [-0.1, -0.05) is 6.92 Å². The lowest BCUT2D eigenvalue weighted by Crippen LogP contribution is -2.32. The second kappa shape index (κ2) is 5.35. The fraction of sp³-hybridized carbons (Fsp3) is 0.714. The Morgan fingerprint density at radius 1 is 1.35 bits per heavy atom. The molecule has 0 radical (unpaired) electrons. The van der Waals surface area contributed by atoms with Crippen LogP contribution in [0.3, 0.4) is 0 Å². The number of hydrogen-bond acceptors (Lipinski definition) is 2. The molecule has 1 aromatic heterocycles. The molecule has 0 atom stereocenters. The summed E-state index contributed by atoms with van der Waals surface area (Å²) in [6.45, 7) is 3.09. The molecular weight excluding hydrogens is 296 g/mol. The van der Waals surface area contributed by atoms with Crippen LogP contribution >= 0.6 is 11.6 Å². The van der Waals surface area contributed by atoms with E-state index in [1.165, 1.54) is 0 Å². The number of nitrogens with zero attached hydrogens (tertiary/aromatic N) is 2. The van der Waals surface area contributed by atoms with Crippen LogP contribution in [0.15, 0.2) is 17.2 Å². The summed E-state index contributed by atoms with van der Waals surface area (Å²) >= 11 is 5.95. The van der Waals surface area contributed by atoms with Crippen LogP contribution in [0, 0.1) is 5.92 Å². The zero-order chi connectivity index (χ0) is 14.3. The molecule has 20 heavy (non-hydrogen) atoms. The van der Waals surface area contributed by atoms with E-state index in [0.717, 1.165) is 31.4 Å². The summed E-state index contributed by atoms with van der Waals surface area (Å²) in [7, 11) is -3.37. The van der Waals surface area contributed by atoms with Gasteiger partial charge in [-0.3, -0.25) is 0 Å². The van der Waals surface area contributed by atoms with Crippen molar-refractivity contribution in [2.45, 2.75) is 49.4 Å². The van der Waals surface area contributed by atoms with E-state index in [1.54, 1.807) is 16.6 Å². The van der Waals surface area contributed by atoms with Crippen LogP contribution in [0.1, 0.15) is 44.3 Å². The van der Waals surface area contributed by atoms with E-state index in [1.807, 2.05) is 11.5 Å². The second-order valence-corrected chi connectivity index (χ2v) is 8.04. The Morgan fingerprint density at radius 3 is 2.55 bits per heavy atom. The van der Waals surface area contributed by atoms with Crippen LogP contribution in [0.4, 0.5) is 0 Å². The van der Waals surface area contributed by atoms with Crippen LogP contribution in [-0.4, -0.2) is 30.4 Å². The minimum absolute atomic E-state index is 0.362. The largest absolute Gasteiger partial charge is 0.346 e. The predicted molar refractivity (Wildman–Crippen MR) is 79.4 cm³/mol. The molecule has 0 spiro atoms. The molecule has 4 nitrogen and oxygen atoms in total. The van der Waals surface area contributed by atoms with Gasteiger partial charge in [0.15, 0.2) is 0 Å². The van der Waals surface area contributed by atoms with E-state index >= 15 is 0 Å². The van der Waals surface area contributed by atoms with Gasteiger partial charge in [0.05, 0.1) is 5.88 Å². The highest BCUT2D eigenvalue weighted by Gasteiger charge is 2.33. The molecule has 0 aromatic carbocycles. The molecule has 3 rings (SSSR count). The van der Waals surface area contributed by atoms with E-state index < -0.39 is 10.0 Å². The Balaban J connectivity index is 1.88. The highest BCUT2D eigenvalue weighted by Crippen LogP contribution is 2.38. The maximum Gasteiger partial charge on any atom is 0.244 e. The topological polar surface area (TPSA) is 42.3 Å². The van der Waals surface area contributed by atoms with Gasteiger partial charge in [0, 0.05) is 31.0 Å². The Kier molecular flexibility index (Phi) is 3.86. The van der Waals surface area contributed by atoms with E-state index in [4.69, 9.17) is 11.6 Å². The molecule has 2 aliphatic rings. The Hall–Kier alpha value is -0.520. The van der Waals surface area contributed by atoms with Crippen molar-refractivity contribution in [2.24, 2.45) is 5.92 Å². The molecule has 2 saturated carbocycles. The van der Waals surface area contributed by atoms with Gasteiger partial charge >= 0.3 is 0 Å². The molecule has 0 amide bonds. The molecule has 0 N–H and O–H groups in total. The van der Waals surface area contributed by atoms with Crippen molar-refractivity contribution in [1.82, 2.24) is 8.87 Å². The minimum atomic E-state index is -3.37. The lowest BCUT2D eigenvalue weighted by atomic mass is 10.4. The number of sulfonamides is 1. The monoisotopic (exact) mass is 316 g/mol. The van der Waals surface area contributed by atoms with Crippen LogP contribution in [0.5, 0.6) is 0 Å². The maximum absolute atomic E-state index is 12.7. The van der Waals surface area contributed by atoms with Gasteiger partial charge in [0.25, 0.3) is 0 Å². The van der Waals surface area contributed by atoms with Crippen LogP contribution in [-0.2, 0) is 15.9 Å². The lowest BCUT2D eigenvalue weighted by Gasteiger charge is -2.19. The Bertz CT molecular complexity index is 588. The van der Waals surface area contributed by atoms with Crippen molar-refractivity contribution in [3.8, 4) is 0 Å². The van der Waals surface area contributed by atoms with Gasteiger partial charge in [-0.25, -0.2) is 8.42 Å². The molecular formula is C14H21ClN2O2S. The van der Waals surface area contributed by atoms with E-state index in [0.29, 0.717) is 35.8 Å². The maximum atomic E-state index is 12.7. The van der Waals surface area contributed by atoms with Gasteiger partial charge in [-0.15, -0.1) is 11.6 Å². The van der Waals surface area contributed by atoms with Crippen molar-refractivity contribution in [3.63, 3.8) is 0 Å². The summed E-state index contributed by atoms with van der Waals surface area (Å²) in [5, 5.41) is 0. The van der Waals surface area contributed by atoms with Gasteiger partial charge < -0.3 is 4.57 Å². The van der Waals surface area contributed by atoms with Crippen molar-refractivity contribution < 1.29 is 8.42 Å². The van der Waals surface area contributed by atoms with Crippen LogP contribution in [0.2, 0.25) is 0 Å². The van der Waals surface area contributed by atoms with Gasteiger partial charge in [-0.05, 0) is 37.7 Å². The van der Waals surface area contributed by atoms with Crippen LogP contribution < -0.4 is 0 Å². The van der Waals surface area contributed by atoms with E-state index in [-0.39, 0.29) is 0 Å². The first-order valence-electron chi connectivity index (χ1n) is 7.33. The molecule has 1 aromatic rings. The average Bonchev–Trinajstić information content (AvgIpc) is 3.34. The standard InChI is InChI=1S/C14H21ClN2O2S/c1-2-16(9-11-3-4-11)20(18,19)14-7-13(8-15)17(10-14)12-5-6-12/h7,10-12H,2-6,8-9H2,1H3. The fourth-order valence-corrected chi connectivity index (χ4v) is 4.36. The minimum Gasteiger partial charge on any atom is -0.346 e. The summed E-state index contributed by atoms with van der Waals surface area (Å²) in [5.74, 6) is 0.920. The van der Waals surface area contributed by atoms with E-state index in [2.05, 4.69) is 0 Å². The van der Waals surface area contributed by atoms with Crippen molar-refractivity contribution in [2.75, 3.05) is 13.1 Å². The zero-order valence-electron chi connectivity index (χ0n) is 11.8. The average molecular weight is 317 g/mol. The first-order chi connectivity index (χ1) is 9.56. The highest BCUT2D eigenvalue weighted by molar-refractivity contribution is 7.89. The molecule has 0 unspecified atom stereocenters. The molecule has 112 valence electrons. The molecule has 0 aliphatic heterocycles. The number of rotatable bonds is 7. The SMILES string of the molecule is CCN(CC1CC1)S(=O)(=O)c1cc(CCl)n(C2CC2)c1. The molecule has 2 aliphatic carbocycles. The smallest absolute Gasteiger partial charge is 0.244 e. The van der Waals surface area contributed by atoms with Crippen molar-refractivity contribution >= 4 is 21.6 Å². The van der Waals surface area contributed by atoms with Gasteiger partial charge in [0.2, 0.25) is 10.0 Å². The Morgan fingerprint density at radius 2 is 2.05 bits per heavy atom.